The summed E-state index contributed by atoms with van der Waals surface area (Å²) in [5.41, 5.74) is -2.59. The molecule has 5 nitrogen and oxygen atoms in total. The molecular formula is C26H29ClF3N3O2S. The number of carbonyl (C=O) groups is 2. The van der Waals surface area contributed by atoms with Crippen molar-refractivity contribution in [1.29, 1.82) is 0 Å². The molecule has 36 heavy (non-hydrogen) atoms. The molecule has 10 heteroatoms. The van der Waals surface area contributed by atoms with Gasteiger partial charge in [0.1, 0.15) is 0 Å². The van der Waals surface area contributed by atoms with Gasteiger partial charge in [-0.3, -0.25) is 9.59 Å². The van der Waals surface area contributed by atoms with Crippen LogP contribution in [-0.4, -0.2) is 66.1 Å². The molecular weight excluding hydrogens is 511 g/mol. The molecule has 3 rings (SSSR count). The van der Waals surface area contributed by atoms with Crippen molar-refractivity contribution in [2.75, 3.05) is 39.0 Å². The first-order valence-electron chi connectivity index (χ1n) is 11.5. The Morgan fingerprint density at radius 2 is 1.94 bits per heavy atom. The molecule has 1 atom stereocenters. The van der Waals surface area contributed by atoms with Gasteiger partial charge < -0.3 is 15.1 Å². The first kappa shape index (κ1) is 27.9. The van der Waals surface area contributed by atoms with Gasteiger partial charge >= 0.3 is 5.51 Å². The van der Waals surface area contributed by atoms with E-state index in [9.17, 15) is 22.8 Å². The fourth-order valence-corrected chi connectivity index (χ4v) is 4.82. The van der Waals surface area contributed by atoms with E-state index in [1.54, 1.807) is 43.3 Å². The zero-order chi connectivity index (χ0) is 26.5. The monoisotopic (exact) mass is 539 g/mol. The summed E-state index contributed by atoms with van der Waals surface area (Å²) in [6, 6.07) is 10.2. The summed E-state index contributed by atoms with van der Waals surface area (Å²) in [5.74, 6) is -0.389. The van der Waals surface area contributed by atoms with Gasteiger partial charge in [0.05, 0.1) is 0 Å². The van der Waals surface area contributed by atoms with Crippen molar-refractivity contribution in [1.82, 2.24) is 15.1 Å². The van der Waals surface area contributed by atoms with E-state index in [0.29, 0.717) is 41.3 Å². The van der Waals surface area contributed by atoms with E-state index < -0.39 is 11.4 Å². The lowest BCUT2D eigenvalue weighted by Crippen LogP contribution is -2.35. The highest BCUT2D eigenvalue weighted by Crippen LogP contribution is 2.29. The average molecular weight is 540 g/mol. The number of thioether (sulfide) groups is 1. The number of nitrogens with zero attached hydrogens (tertiary/aromatic N) is 2. The number of benzene rings is 2. The number of hydrogen-bond acceptors (Lipinski definition) is 4. The normalized spacial score (nSPS) is 16.3. The Morgan fingerprint density at radius 1 is 1.25 bits per heavy atom. The summed E-state index contributed by atoms with van der Waals surface area (Å²) in [6.45, 7) is 7.83. The Labute approximate surface area is 218 Å². The summed E-state index contributed by atoms with van der Waals surface area (Å²) in [7, 11) is 1.93. The maximum Gasteiger partial charge on any atom is 0.441 e. The van der Waals surface area contributed by atoms with Crippen molar-refractivity contribution in [3.8, 4) is 0 Å². The molecule has 2 aromatic rings. The Balaban J connectivity index is 1.63. The van der Waals surface area contributed by atoms with Gasteiger partial charge in [-0.05, 0) is 72.1 Å². The Hall–Kier alpha value is -2.65. The van der Waals surface area contributed by atoms with E-state index in [0.717, 1.165) is 16.9 Å². The number of halogens is 4. The maximum absolute atomic E-state index is 12.8. The van der Waals surface area contributed by atoms with Crippen LogP contribution in [0.1, 0.15) is 32.7 Å². The highest BCUT2D eigenvalue weighted by Gasteiger charge is 2.28. The van der Waals surface area contributed by atoms with Crippen LogP contribution in [0.3, 0.4) is 0 Å². The predicted octanol–water partition coefficient (Wildman–Crippen LogP) is 3.87. The van der Waals surface area contributed by atoms with Gasteiger partial charge in [-0.15, -0.1) is 0 Å². The van der Waals surface area contributed by atoms with Crippen LogP contribution in [0.25, 0.3) is 12.8 Å². The molecule has 1 aliphatic rings. The van der Waals surface area contributed by atoms with Crippen LogP contribution in [0.15, 0.2) is 36.4 Å². The van der Waals surface area contributed by atoms with Crippen LogP contribution in [0.2, 0.25) is 5.02 Å². The van der Waals surface area contributed by atoms with Crippen molar-refractivity contribution in [2.45, 2.75) is 18.9 Å². The van der Waals surface area contributed by atoms with Crippen LogP contribution < -0.4 is 15.8 Å². The van der Waals surface area contributed by atoms with Crippen LogP contribution >= 0.6 is 23.4 Å². The quantitative estimate of drug-likeness (QED) is 0.518. The third kappa shape index (κ3) is 7.67. The smallest absolute Gasteiger partial charge is 0.380 e. The molecule has 1 N–H and O–H groups in total. The summed E-state index contributed by atoms with van der Waals surface area (Å²) in [6.07, 6.45) is 2.81. The second-order valence-corrected chi connectivity index (χ2v) is 10.4. The number of rotatable bonds is 8. The topological polar surface area (TPSA) is 52.7 Å². The Morgan fingerprint density at radius 3 is 2.61 bits per heavy atom. The third-order valence-corrected chi connectivity index (χ3v) is 7.05. The second-order valence-electron chi connectivity index (χ2n) is 8.84. The van der Waals surface area contributed by atoms with Gasteiger partial charge in [-0.1, -0.05) is 24.2 Å². The zero-order valence-corrected chi connectivity index (χ0v) is 21.8. The fourth-order valence-electron chi connectivity index (χ4n) is 4.26. The summed E-state index contributed by atoms with van der Waals surface area (Å²) in [4.78, 5) is 29.2. The minimum Gasteiger partial charge on any atom is -0.380 e. The van der Waals surface area contributed by atoms with Crippen molar-refractivity contribution >= 4 is 48.0 Å². The zero-order valence-electron chi connectivity index (χ0n) is 20.2. The van der Waals surface area contributed by atoms with Crippen molar-refractivity contribution in [3.63, 3.8) is 0 Å². The molecule has 194 valence electrons. The van der Waals surface area contributed by atoms with Crippen LogP contribution in [0.5, 0.6) is 0 Å². The van der Waals surface area contributed by atoms with Crippen molar-refractivity contribution in [3.05, 3.63) is 68.5 Å². The summed E-state index contributed by atoms with van der Waals surface area (Å²) >= 11 is 5.75. The minimum atomic E-state index is -4.32. The minimum absolute atomic E-state index is 0.0102. The highest BCUT2D eigenvalue weighted by molar-refractivity contribution is 8.00. The second kappa shape index (κ2) is 12.1. The van der Waals surface area contributed by atoms with Crippen LogP contribution in [0.4, 0.5) is 13.2 Å². The molecule has 1 heterocycles. The first-order valence-corrected chi connectivity index (χ1v) is 12.9. The van der Waals surface area contributed by atoms with E-state index >= 15 is 0 Å². The molecule has 2 aromatic carbocycles. The number of hydrogen-bond donors (Lipinski definition) is 1. The lowest BCUT2D eigenvalue weighted by molar-refractivity contribution is -0.0327. The number of alkyl halides is 3. The molecule has 1 saturated heterocycles. The maximum atomic E-state index is 12.8. The van der Waals surface area contributed by atoms with Crippen molar-refractivity contribution in [2.24, 2.45) is 5.92 Å². The molecule has 0 aromatic heterocycles. The lowest BCUT2D eigenvalue weighted by Gasteiger charge is -2.21. The van der Waals surface area contributed by atoms with E-state index in [1.165, 1.54) is 0 Å². The highest BCUT2D eigenvalue weighted by atomic mass is 35.5. The fraction of sp³-hybridized carbons (Fsp3) is 0.385. The lowest BCUT2D eigenvalue weighted by atomic mass is 10.0. The standard InChI is InChI=1S/C26H29ClF3N3O2S/c1-17-4-9-22(24(34)31-11-13-36-26(28,29)30)18(2)23(17)16-32(3)14-19-10-12-33(15-19)25(35)20-5-7-21(27)8-6-20/h4-9,16,19H,1,10-15H2,2-3H3,(H,31,34)/b23-16+. The number of likely N-dealkylation sites (tertiary alicyclic amines) is 1. The molecule has 0 bridgehead atoms. The molecule has 0 saturated carbocycles. The molecule has 1 unspecified atom stereocenters. The van der Waals surface area contributed by atoms with Crippen LogP contribution in [-0.2, 0) is 0 Å². The van der Waals surface area contributed by atoms with Gasteiger partial charge in [-0.2, -0.15) is 13.2 Å². The van der Waals surface area contributed by atoms with E-state index in [-0.39, 0.29) is 35.9 Å². The molecule has 1 fully saturated rings. The van der Waals surface area contributed by atoms with Gasteiger partial charge in [0, 0.05) is 66.5 Å². The van der Waals surface area contributed by atoms with E-state index in [4.69, 9.17) is 11.6 Å². The van der Waals surface area contributed by atoms with E-state index in [1.807, 2.05) is 23.0 Å². The van der Waals surface area contributed by atoms with Gasteiger partial charge in [0.2, 0.25) is 0 Å². The molecule has 0 spiro atoms. The summed E-state index contributed by atoms with van der Waals surface area (Å²) < 4.78 is 36.9. The third-order valence-electron chi connectivity index (χ3n) is 6.06. The number of nitrogens with one attached hydrogen (secondary N) is 1. The van der Waals surface area contributed by atoms with Gasteiger partial charge in [-0.25, -0.2) is 0 Å². The average Bonchev–Trinajstić information content (AvgIpc) is 3.27. The Bertz CT molecular complexity index is 1200. The largest absolute Gasteiger partial charge is 0.441 e. The number of amides is 2. The van der Waals surface area contributed by atoms with E-state index in [2.05, 4.69) is 11.9 Å². The molecule has 2 amide bonds. The SMILES string of the molecule is C=c1ccc(C(=O)NCCSC(F)(F)F)c(C)/c1=C/N(C)CC1CCN(C(=O)c2ccc(Cl)cc2)C1. The van der Waals surface area contributed by atoms with Gasteiger partial charge in [0.25, 0.3) is 11.8 Å². The summed E-state index contributed by atoms with van der Waals surface area (Å²) in [5, 5.41) is 4.68. The number of carbonyl (C=O) groups excluding carboxylic acids is 2. The molecule has 1 aliphatic heterocycles. The Kier molecular flexibility index (Phi) is 9.35. The first-order chi connectivity index (χ1) is 16.9. The predicted molar refractivity (Wildman–Crippen MR) is 139 cm³/mol. The molecule has 0 radical (unpaired) electrons. The molecule has 0 aliphatic carbocycles. The van der Waals surface area contributed by atoms with Gasteiger partial charge in [0.15, 0.2) is 0 Å². The van der Waals surface area contributed by atoms with Crippen molar-refractivity contribution < 1.29 is 22.8 Å². The van der Waals surface area contributed by atoms with Crippen LogP contribution in [0, 0.1) is 12.8 Å².